The highest BCUT2D eigenvalue weighted by atomic mass is 16.3. The lowest BCUT2D eigenvalue weighted by molar-refractivity contribution is 0.0893. The van der Waals surface area contributed by atoms with Crippen molar-refractivity contribution in [2.45, 2.75) is 50.5 Å². The average molecular weight is 322 g/mol. The molecule has 0 saturated carbocycles. The molecule has 1 aromatic heterocycles. The van der Waals surface area contributed by atoms with Crippen molar-refractivity contribution in [2.24, 2.45) is 0 Å². The number of Topliss-reactive ketones (excluding diaryl/α,β-unsaturated/α-hetero) is 1. The summed E-state index contributed by atoms with van der Waals surface area (Å²) >= 11 is 0. The smallest absolute Gasteiger partial charge is 0.228 e. The van der Waals surface area contributed by atoms with Crippen molar-refractivity contribution in [2.75, 3.05) is 0 Å². The van der Waals surface area contributed by atoms with Crippen LogP contribution < -0.4 is 0 Å². The molecule has 1 N–H and O–H groups in total. The van der Waals surface area contributed by atoms with E-state index >= 15 is 0 Å². The fourth-order valence-corrected chi connectivity index (χ4v) is 4.83. The Morgan fingerprint density at radius 1 is 1.21 bits per heavy atom. The summed E-state index contributed by atoms with van der Waals surface area (Å²) in [6.07, 6.45) is 4.72. The fraction of sp³-hybridized carbons (Fsp3) is 0.400. The normalized spacial score (nSPS) is 27.5. The van der Waals surface area contributed by atoms with Crippen molar-refractivity contribution < 1.29 is 19.1 Å². The standard InChI is InChI=1S/C20H18O4/c1-20-6-2-3-10-9-24-19(17(10)20)18(23)13-7-11-12(8-14(13)20)16(22)5-4-15(11)21/h7-9,15,21H,2-6H2,1H3/t15-,20-/m1/s1. The third-order valence-corrected chi connectivity index (χ3v) is 6.08. The minimum absolute atomic E-state index is 0.0585. The number of furan rings is 1. The first kappa shape index (κ1) is 14.2. The first-order valence-corrected chi connectivity index (χ1v) is 8.56. The highest BCUT2D eigenvalue weighted by Gasteiger charge is 2.46. The Bertz CT molecular complexity index is 920. The fourth-order valence-electron chi connectivity index (χ4n) is 4.83. The number of carbonyl (C=O) groups excluding carboxylic acids is 2. The van der Waals surface area contributed by atoms with Crippen LogP contribution in [0.15, 0.2) is 22.8 Å². The Labute approximate surface area is 139 Å². The Balaban J connectivity index is 1.84. The van der Waals surface area contributed by atoms with Gasteiger partial charge < -0.3 is 9.52 Å². The number of aryl methyl sites for hydroxylation is 1. The summed E-state index contributed by atoms with van der Waals surface area (Å²) in [5.74, 6) is 0.373. The largest absolute Gasteiger partial charge is 0.460 e. The molecule has 4 nitrogen and oxygen atoms in total. The maximum Gasteiger partial charge on any atom is 0.228 e. The number of hydrogen-bond donors (Lipinski definition) is 1. The maximum absolute atomic E-state index is 13.0. The third kappa shape index (κ3) is 1.57. The molecule has 4 heteroatoms. The summed E-state index contributed by atoms with van der Waals surface area (Å²) in [5.41, 5.74) is 4.51. The number of hydrogen-bond acceptors (Lipinski definition) is 4. The molecule has 1 heterocycles. The monoisotopic (exact) mass is 322 g/mol. The second-order valence-corrected chi connectivity index (χ2v) is 7.44. The van der Waals surface area contributed by atoms with Gasteiger partial charge in [-0.3, -0.25) is 9.59 Å². The number of aliphatic hydroxyl groups excluding tert-OH is 1. The zero-order valence-corrected chi connectivity index (χ0v) is 13.5. The Morgan fingerprint density at radius 2 is 2.04 bits per heavy atom. The van der Waals surface area contributed by atoms with Crippen molar-refractivity contribution in [3.05, 3.63) is 57.5 Å². The van der Waals surface area contributed by atoms with Gasteiger partial charge in [0.25, 0.3) is 0 Å². The van der Waals surface area contributed by atoms with Crippen molar-refractivity contribution in [1.82, 2.24) is 0 Å². The second kappa shape index (κ2) is 4.45. The van der Waals surface area contributed by atoms with Crippen LogP contribution in [0.25, 0.3) is 0 Å². The van der Waals surface area contributed by atoms with E-state index in [2.05, 4.69) is 6.92 Å². The van der Waals surface area contributed by atoms with E-state index in [0.717, 1.165) is 36.0 Å². The summed E-state index contributed by atoms with van der Waals surface area (Å²) < 4.78 is 5.64. The molecule has 122 valence electrons. The van der Waals surface area contributed by atoms with Crippen LogP contribution in [-0.4, -0.2) is 16.7 Å². The molecule has 3 aliphatic carbocycles. The zero-order chi connectivity index (χ0) is 16.6. The number of aliphatic hydroxyl groups is 1. The zero-order valence-electron chi connectivity index (χ0n) is 13.5. The summed E-state index contributed by atoms with van der Waals surface area (Å²) in [6, 6.07) is 3.61. The van der Waals surface area contributed by atoms with Gasteiger partial charge in [0.05, 0.1) is 12.4 Å². The first-order chi connectivity index (χ1) is 11.5. The minimum Gasteiger partial charge on any atom is -0.460 e. The summed E-state index contributed by atoms with van der Waals surface area (Å²) in [6.45, 7) is 2.14. The van der Waals surface area contributed by atoms with E-state index in [4.69, 9.17) is 4.42 Å². The Hall–Kier alpha value is -2.20. The van der Waals surface area contributed by atoms with Gasteiger partial charge in [-0.1, -0.05) is 6.92 Å². The van der Waals surface area contributed by atoms with E-state index < -0.39 is 6.10 Å². The van der Waals surface area contributed by atoms with E-state index in [-0.39, 0.29) is 17.0 Å². The number of fused-ring (bicyclic) bond motifs is 3. The van der Waals surface area contributed by atoms with Gasteiger partial charge in [0, 0.05) is 28.5 Å². The molecular formula is C20H18O4. The van der Waals surface area contributed by atoms with E-state index in [1.807, 2.05) is 6.07 Å². The van der Waals surface area contributed by atoms with Crippen LogP contribution in [0.2, 0.25) is 0 Å². The molecule has 0 aliphatic heterocycles. The van der Waals surface area contributed by atoms with E-state index in [1.54, 1.807) is 12.3 Å². The van der Waals surface area contributed by atoms with Crippen LogP contribution in [0.5, 0.6) is 0 Å². The summed E-state index contributed by atoms with van der Waals surface area (Å²) in [4.78, 5) is 25.3. The molecule has 2 aromatic rings. The van der Waals surface area contributed by atoms with E-state index in [1.165, 1.54) is 0 Å². The molecule has 3 aliphatic rings. The van der Waals surface area contributed by atoms with Gasteiger partial charge in [-0.15, -0.1) is 0 Å². The highest BCUT2D eigenvalue weighted by Crippen LogP contribution is 2.51. The molecule has 0 bridgehead atoms. The molecule has 0 fully saturated rings. The van der Waals surface area contributed by atoms with Crippen LogP contribution in [0.4, 0.5) is 0 Å². The molecule has 2 atom stereocenters. The lowest BCUT2D eigenvalue weighted by atomic mass is 9.62. The molecule has 0 radical (unpaired) electrons. The molecule has 0 spiro atoms. The van der Waals surface area contributed by atoms with Gasteiger partial charge in [0.1, 0.15) is 0 Å². The lowest BCUT2D eigenvalue weighted by Gasteiger charge is -2.39. The van der Waals surface area contributed by atoms with Crippen LogP contribution >= 0.6 is 0 Å². The predicted octanol–water partition coefficient (Wildman–Crippen LogP) is 3.48. The van der Waals surface area contributed by atoms with Crippen molar-refractivity contribution in [1.29, 1.82) is 0 Å². The quantitative estimate of drug-likeness (QED) is 0.806. The van der Waals surface area contributed by atoms with Gasteiger partial charge in [-0.2, -0.15) is 0 Å². The number of ketones is 2. The topological polar surface area (TPSA) is 67.5 Å². The summed E-state index contributed by atoms with van der Waals surface area (Å²) in [5, 5.41) is 10.3. The van der Waals surface area contributed by atoms with Crippen LogP contribution in [0.3, 0.4) is 0 Å². The SMILES string of the molecule is C[C@]12CCCc3coc(c31)C(=O)c1cc3c(cc12)C(=O)CC[C@H]3O. The molecular weight excluding hydrogens is 304 g/mol. The summed E-state index contributed by atoms with van der Waals surface area (Å²) in [7, 11) is 0. The average Bonchev–Trinajstić information content (AvgIpc) is 3.02. The Morgan fingerprint density at radius 3 is 2.88 bits per heavy atom. The molecule has 5 rings (SSSR count). The van der Waals surface area contributed by atoms with Crippen LogP contribution in [-0.2, 0) is 11.8 Å². The number of benzene rings is 1. The molecule has 0 unspecified atom stereocenters. The van der Waals surface area contributed by atoms with Gasteiger partial charge in [0.2, 0.25) is 5.78 Å². The molecule has 24 heavy (non-hydrogen) atoms. The van der Waals surface area contributed by atoms with E-state index in [0.29, 0.717) is 35.3 Å². The molecule has 0 saturated heterocycles. The van der Waals surface area contributed by atoms with Gasteiger partial charge in [-0.25, -0.2) is 0 Å². The van der Waals surface area contributed by atoms with Gasteiger partial charge in [0.15, 0.2) is 11.5 Å². The van der Waals surface area contributed by atoms with Crippen LogP contribution in [0, 0.1) is 0 Å². The highest BCUT2D eigenvalue weighted by molar-refractivity contribution is 6.13. The number of carbonyl (C=O) groups is 2. The van der Waals surface area contributed by atoms with Crippen molar-refractivity contribution in [3.8, 4) is 0 Å². The van der Waals surface area contributed by atoms with Crippen molar-refractivity contribution >= 4 is 11.6 Å². The van der Waals surface area contributed by atoms with E-state index in [9.17, 15) is 14.7 Å². The first-order valence-electron chi connectivity index (χ1n) is 8.56. The molecule has 1 aromatic carbocycles. The Kier molecular flexibility index (Phi) is 2.63. The third-order valence-electron chi connectivity index (χ3n) is 6.08. The predicted molar refractivity (Wildman–Crippen MR) is 86.5 cm³/mol. The van der Waals surface area contributed by atoms with Gasteiger partial charge >= 0.3 is 0 Å². The number of rotatable bonds is 0. The second-order valence-electron chi connectivity index (χ2n) is 7.44. The lowest BCUT2D eigenvalue weighted by Crippen LogP contribution is -2.36. The maximum atomic E-state index is 13.0. The van der Waals surface area contributed by atoms with Gasteiger partial charge in [-0.05, 0) is 54.5 Å². The minimum atomic E-state index is -0.677. The molecule has 0 amide bonds. The van der Waals surface area contributed by atoms with Crippen molar-refractivity contribution in [3.63, 3.8) is 0 Å². The van der Waals surface area contributed by atoms with Crippen LogP contribution in [0.1, 0.15) is 87.4 Å².